The van der Waals surface area contributed by atoms with Gasteiger partial charge in [0.2, 0.25) is 0 Å². The van der Waals surface area contributed by atoms with Crippen LogP contribution in [0.15, 0.2) is 0 Å². The number of aromatic nitrogens is 1. The molecule has 1 saturated carbocycles. The lowest BCUT2D eigenvalue weighted by Crippen LogP contribution is -2.37. The smallest absolute Gasteiger partial charge is 0.107 e. The molecule has 0 spiro atoms. The number of nitrogens with one attached hydrogen (secondary N) is 1. The molecular formula is C15H24N2OS. The molecule has 3 rings (SSSR count). The largest absolute Gasteiger partial charge is 0.389 e. The minimum atomic E-state index is -0.453. The Morgan fingerprint density at radius 3 is 3.00 bits per heavy atom. The zero-order chi connectivity index (χ0) is 13.3. The first-order valence-corrected chi connectivity index (χ1v) is 8.37. The zero-order valence-corrected chi connectivity index (χ0v) is 12.6. The topological polar surface area (TPSA) is 45.2 Å². The molecular weight excluding hydrogens is 256 g/mol. The molecule has 0 saturated heterocycles. The number of thiazole rings is 1. The highest BCUT2D eigenvalue weighted by molar-refractivity contribution is 7.11. The third kappa shape index (κ3) is 3.18. The van der Waals surface area contributed by atoms with Gasteiger partial charge in [-0.1, -0.05) is 19.8 Å². The predicted octanol–water partition coefficient (Wildman–Crippen LogP) is 2.66. The number of aryl methyl sites for hydroxylation is 1. The highest BCUT2D eigenvalue weighted by atomic mass is 32.1. The quantitative estimate of drug-likeness (QED) is 0.891. The SMILES string of the molecule is CC1CCc2nc(CNCC3(O)CCCC3)sc2C1. The van der Waals surface area contributed by atoms with Gasteiger partial charge in [-0.25, -0.2) is 4.98 Å². The number of nitrogens with zero attached hydrogens (tertiary/aromatic N) is 1. The van der Waals surface area contributed by atoms with E-state index in [-0.39, 0.29) is 0 Å². The van der Waals surface area contributed by atoms with Crippen molar-refractivity contribution in [3.8, 4) is 0 Å². The third-order valence-corrected chi connectivity index (χ3v) is 5.61. The molecule has 2 aliphatic carbocycles. The van der Waals surface area contributed by atoms with Gasteiger partial charge in [-0.15, -0.1) is 11.3 Å². The number of aliphatic hydroxyl groups is 1. The molecule has 0 aliphatic heterocycles. The monoisotopic (exact) mass is 280 g/mol. The van der Waals surface area contributed by atoms with Crippen LogP contribution in [0.3, 0.4) is 0 Å². The van der Waals surface area contributed by atoms with Gasteiger partial charge < -0.3 is 10.4 Å². The number of fused-ring (bicyclic) bond motifs is 1. The lowest BCUT2D eigenvalue weighted by Gasteiger charge is -2.21. The molecule has 1 aromatic rings. The van der Waals surface area contributed by atoms with Crippen LogP contribution < -0.4 is 5.32 Å². The van der Waals surface area contributed by atoms with E-state index in [0.29, 0.717) is 6.54 Å². The van der Waals surface area contributed by atoms with Gasteiger partial charge >= 0.3 is 0 Å². The Morgan fingerprint density at radius 2 is 2.21 bits per heavy atom. The van der Waals surface area contributed by atoms with Crippen molar-refractivity contribution in [3.63, 3.8) is 0 Å². The fourth-order valence-electron chi connectivity index (χ4n) is 3.28. The van der Waals surface area contributed by atoms with Crippen LogP contribution in [0.4, 0.5) is 0 Å². The molecule has 0 aromatic carbocycles. The summed E-state index contributed by atoms with van der Waals surface area (Å²) in [5, 5.41) is 14.9. The molecule has 1 heterocycles. The summed E-state index contributed by atoms with van der Waals surface area (Å²) in [5.41, 5.74) is 0.880. The van der Waals surface area contributed by atoms with E-state index >= 15 is 0 Å². The summed E-state index contributed by atoms with van der Waals surface area (Å²) < 4.78 is 0. The summed E-state index contributed by atoms with van der Waals surface area (Å²) in [4.78, 5) is 6.24. The van der Waals surface area contributed by atoms with Crippen LogP contribution in [0.1, 0.15) is 54.6 Å². The van der Waals surface area contributed by atoms with E-state index in [1.807, 2.05) is 11.3 Å². The summed E-state index contributed by atoms with van der Waals surface area (Å²) >= 11 is 1.87. The predicted molar refractivity (Wildman–Crippen MR) is 78.4 cm³/mol. The Hall–Kier alpha value is -0.450. The maximum absolute atomic E-state index is 10.3. The number of rotatable bonds is 4. The van der Waals surface area contributed by atoms with Gasteiger partial charge in [-0.05, 0) is 38.0 Å². The minimum Gasteiger partial charge on any atom is -0.389 e. The molecule has 1 aromatic heterocycles. The Bertz CT molecular complexity index is 437. The molecule has 2 aliphatic rings. The molecule has 1 fully saturated rings. The maximum atomic E-state index is 10.3. The fourth-order valence-corrected chi connectivity index (χ4v) is 4.53. The zero-order valence-electron chi connectivity index (χ0n) is 11.7. The highest BCUT2D eigenvalue weighted by Crippen LogP contribution is 2.30. The Morgan fingerprint density at radius 1 is 1.42 bits per heavy atom. The first kappa shape index (κ1) is 13.5. The van der Waals surface area contributed by atoms with E-state index in [1.54, 1.807) is 0 Å². The fraction of sp³-hybridized carbons (Fsp3) is 0.800. The molecule has 0 radical (unpaired) electrons. The van der Waals surface area contributed by atoms with E-state index in [2.05, 4.69) is 12.2 Å². The first-order chi connectivity index (χ1) is 9.15. The lowest BCUT2D eigenvalue weighted by atomic mass is 9.93. The van der Waals surface area contributed by atoms with Gasteiger partial charge in [-0.3, -0.25) is 0 Å². The molecule has 1 unspecified atom stereocenters. The molecule has 3 nitrogen and oxygen atoms in total. The van der Waals surface area contributed by atoms with Crippen molar-refractivity contribution in [2.75, 3.05) is 6.54 Å². The highest BCUT2D eigenvalue weighted by Gasteiger charge is 2.30. The minimum absolute atomic E-state index is 0.453. The Kier molecular flexibility index (Phi) is 3.92. The molecule has 2 N–H and O–H groups in total. The van der Waals surface area contributed by atoms with Crippen LogP contribution in [0.5, 0.6) is 0 Å². The van der Waals surface area contributed by atoms with Crippen LogP contribution in [-0.2, 0) is 19.4 Å². The molecule has 1 atom stereocenters. The first-order valence-electron chi connectivity index (χ1n) is 7.55. The van der Waals surface area contributed by atoms with Crippen molar-refractivity contribution in [2.45, 2.75) is 64.0 Å². The summed E-state index contributed by atoms with van der Waals surface area (Å²) in [6.07, 6.45) is 7.87. The second-order valence-electron chi connectivity index (χ2n) is 6.36. The molecule has 19 heavy (non-hydrogen) atoms. The van der Waals surface area contributed by atoms with Crippen molar-refractivity contribution >= 4 is 11.3 Å². The summed E-state index contributed by atoms with van der Waals surface area (Å²) in [6.45, 7) is 3.86. The summed E-state index contributed by atoms with van der Waals surface area (Å²) in [6, 6.07) is 0. The van der Waals surface area contributed by atoms with Crippen LogP contribution in [-0.4, -0.2) is 22.2 Å². The van der Waals surface area contributed by atoms with E-state index < -0.39 is 5.60 Å². The van der Waals surface area contributed by atoms with Gasteiger partial charge in [-0.2, -0.15) is 0 Å². The molecule has 0 bridgehead atoms. The van der Waals surface area contributed by atoms with Crippen molar-refractivity contribution in [1.82, 2.24) is 10.3 Å². The van der Waals surface area contributed by atoms with Gasteiger partial charge in [0.25, 0.3) is 0 Å². The lowest BCUT2D eigenvalue weighted by molar-refractivity contribution is 0.0475. The average Bonchev–Trinajstić information content (AvgIpc) is 2.95. The van der Waals surface area contributed by atoms with Crippen molar-refractivity contribution in [2.24, 2.45) is 5.92 Å². The third-order valence-electron chi connectivity index (χ3n) is 4.49. The Labute approximate surface area is 119 Å². The second kappa shape index (κ2) is 5.51. The van der Waals surface area contributed by atoms with E-state index in [4.69, 9.17) is 4.98 Å². The second-order valence-corrected chi connectivity index (χ2v) is 7.53. The van der Waals surface area contributed by atoms with Gasteiger partial charge in [0.15, 0.2) is 0 Å². The van der Waals surface area contributed by atoms with E-state index in [9.17, 15) is 5.11 Å². The normalized spacial score (nSPS) is 25.5. The van der Waals surface area contributed by atoms with Crippen molar-refractivity contribution in [1.29, 1.82) is 0 Å². The Balaban J connectivity index is 1.53. The van der Waals surface area contributed by atoms with Crippen LogP contribution >= 0.6 is 11.3 Å². The van der Waals surface area contributed by atoms with Gasteiger partial charge in [0.05, 0.1) is 11.3 Å². The van der Waals surface area contributed by atoms with Gasteiger partial charge in [0.1, 0.15) is 5.01 Å². The average molecular weight is 280 g/mol. The molecule has 4 heteroatoms. The van der Waals surface area contributed by atoms with Gasteiger partial charge in [0, 0.05) is 18.0 Å². The van der Waals surface area contributed by atoms with Crippen LogP contribution in [0.2, 0.25) is 0 Å². The summed E-state index contributed by atoms with van der Waals surface area (Å²) in [7, 11) is 0. The molecule has 106 valence electrons. The van der Waals surface area contributed by atoms with Crippen molar-refractivity contribution in [3.05, 3.63) is 15.6 Å². The standard InChI is InChI=1S/C15H24N2OS/c1-11-4-5-12-13(8-11)19-14(17-12)9-16-10-15(18)6-2-3-7-15/h11,16,18H,2-10H2,1H3. The maximum Gasteiger partial charge on any atom is 0.107 e. The molecule has 0 amide bonds. The number of hydrogen-bond acceptors (Lipinski definition) is 4. The van der Waals surface area contributed by atoms with E-state index in [0.717, 1.165) is 31.7 Å². The number of hydrogen-bond donors (Lipinski definition) is 2. The summed E-state index contributed by atoms with van der Waals surface area (Å²) in [5.74, 6) is 0.813. The van der Waals surface area contributed by atoms with Crippen LogP contribution in [0.25, 0.3) is 0 Å². The van der Waals surface area contributed by atoms with Crippen molar-refractivity contribution < 1.29 is 5.11 Å². The van der Waals surface area contributed by atoms with Crippen LogP contribution in [0, 0.1) is 5.92 Å². The van der Waals surface area contributed by atoms with E-state index in [1.165, 1.54) is 41.3 Å².